The Hall–Kier alpha value is -1.36. The van der Waals surface area contributed by atoms with Crippen molar-refractivity contribution >= 4 is 25.0 Å². The van der Waals surface area contributed by atoms with Gasteiger partial charge in [-0.15, -0.1) is 12.4 Å². The van der Waals surface area contributed by atoms with Crippen LogP contribution < -0.4 is 5.46 Å². The number of hydrogen-bond donors (Lipinski definition) is 2. The minimum atomic E-state index is -1.47. The van der Waals surface area contributed by atoms with Crippen LogP contribution in [0.25, 0.3) is 11.1 Å². The SMILES string of the molecule is Cl.OB(O)c1cncc(-c2ccccc2)c1. The van der Waals surface area contributed by atoms with Crippen molar-refractivity contribution in [1.29, 1.82) is 0 Å². The normalized spacial score (nSPS) is 9.38. The van der Waals surface area contributed by atoms with Gasteiger partial charge in [-0.1, -0.05) is 36.4 Å². The van der Waals surface area contributed by atoms with Crippen molar-refractivity contribution in [1.82, 2.24) is 4.98 Å². The largest absolute Gasteiger partial charge is 0.490 e. The predicted octanol–water partition coefficient (Wildman–Crippen LogP) is 0.850. The van der Waals surface area contributed by atoms with Gasteiger partial charge in [-0.05, 0) is 11.1 Å². The molecule has 2 aromatic rings. The molecule has 0 bridgehead atoms. The van der Waals surface area contributed by atoms with Gasteiger partial charge in [0.2, 0.25) is 0 Å². The smallest absolute Gasteiger partial charge is 0.423 e. The molecule has 0 atom stereocenters. The molecule has 1 aromatic heterocycles. The van der Waals surface area contributed by atoms with Crippen LogP contribution in [0.3, 0.4) is 0 Å². The lowest BCUT2D eigenvalue weighted by molar-refractivity contribution is 0.425. The highest BCUT2D eigenvalue weighted by atomic mass is 35.5. The third kappa shape index (κ3) is 2.82. The molecule has 0 aliphatic rings. The zero-order valence-electron chi connectivity index (χ0n) is 8.45. The van der Waals surface area contributed by atoms with Crippen molar-refractivity contribution in [2.45, 2.75) is 0 Å². The molecule has 0 saturated heterocycles. The molecule has 2 N–H and O–H groups in total. The molecular weight excluding hydrogens is 224 g/mol. The van der Waals surface area contributed by atoms with Gasteiger partial charge < -0.3 is 10.0 Å². The van der Waals surface area contributed by atoms with E-state index in [4.69, 9.17) is 10.0 Å². The summed E-state index contributed by atoms with van der Waals surface area (Å²) in [5.41, 5.74) is 2.28. The Morgan fingerprint density at radius 3 is 2.25 bits per heavy atom. The summed E-state index contributed by atoms with van der Waals surface area (Å²) in [5, 5.41) is 18.0. The molecule has 0 fully saturated rings. The standard InChI is InChI=1S/C11H10BNO2.ClH/c14-12(15)11-6-10(7-13-8-11)9-4-2-1-3-5-9;/h1-8,14-15H;1H. The molecule has 0 amide bonds. The lowest BCUT2D eigenvalue weighted by Crippen LogP contribution is -2.30. The number of rotatable bonds is 2. The van der Waals surface area contributed by atoms with Gasteiger partial charge in [-0.3, -0.25) is 4.98 Å². The summed E-state index contributed by atoms with van der Waals surface area (Å²) in [5.74, 6) is 0. The van der Waals surface area contributed by atoms with Crippen LogP contribution >= 0.6 is 12.4 Å². The molecule has 3 nitrogen and oxygen atoms in total. The highest BCUT2D eigenvalue weighted by molar-refractivity contribution is 6.58. The highest BCUT2D eigenvalue weighted by Crippen LogP contribution is 2.15. The fourth-order valence-electron chi connectivity index (χ4n) is 1.39. The maximum Gasteiger partial charge on any atom is 0.490 e. The third-order valence-electron chi connectivity index (χ3n) is 2.16. The van der Waals surface area contributed by atoms with Crippen LogP contribution in [-0.2, 0) is 0 Å². The van der Waals surface area contributed by atoms with Gasteiger partial charge in [-0.2, -0.15) is 0 Å². The average molecular weight is 235 g/mol. The minimum Gasteiger partial charge on any atom is -0.423 e. The van der Waals surface area contributed by atoms with Gasteiger partial charge in [-0.25, -0.2) is 0 Å². The summed E-state index contributed by atoms with van der Waals surface area (Å²) in [6, 6.07) is 11.4. The second-order valence-electron chi connectivity index (χ2n) is 3.25. The second kappa shape index (κ2) is 5.65. The molecule has 82 valence electrons. The van der Waals surface area contributed by atoms with Gasteiger partial charge in [0, 0.05) is 17.9 Å². The van der Waals surface area contributed by atoms with Crippen molar-refractivity contribution in [3.05, 3.63) is 48.8 Å². The molecule has 0 spiro atoms. The number of benzene rings is 1. The van der Waals surface area contributed by atoms with E-state index >= 15 is 0 Å². The Morgan fingerprint density at radius 1 is 0.938 bits per heavy atom. The molecule has 0 radical (unpaired) electrons. The minimum absolute atomic E-state index is 0. The predicted molar refractivity (Wildman–Crippen MR) is 66.7 cm³/mol. The molecule has 0 aliphatic carbocycles. The summed E-state index contributed by atoms with van der Waals surface area (Å²) < 4.78 is 0. The zero-order valence-corrected chi connectivity index (χ0v) is 9.26. The van der Waals surface area contributed by atoms with Gasteiger partial charge in [0.05, 0.1) is 0 Å². The highest BCUT2D eigenvalue weighted by Gasteiger charge is 2.11. The van der Waals surface area contributed by atoms with Crippen LogP contribution in [0.4, 0.5) is 0 Å². The van der Waals surface area contributed by atoms with Crippen LogP contribution in [0.2, 0.25) is 0 Å². The molecule has 5 heteroatoms. The van der Waals surface area contributed by atoms with Crippen LogP contribution in [-0.4, -0.2) is 22.2 Å². The number of pyridine rings is 1. The third-order valence-corrected chi connectivity index (χ3v) is 2.16. The molecule has 16 heavy (non-hydrogen) atoms. The Balaban J connectivity index is 0.00000128. The molecule has 1 heterocycles. The topological polar surface area (TPSA) is 53.4 Å². The summed E-state index contributed by atoms with van der Waals surface area (Å²) >= 11 is 0. The lowest BCUT2D eigenvalue weighted by Gasteiger charge is -2.03. The summed E-state index contributed by atoms with van der Waals surface area (Å²) in [7, 11) is -1.47. The van der Waals surface area contributed by atoms with Crippen molar-refractivity contribution in [3.8, 4) is 11.1 Å². The van der Waals surface area contributed by atoms with E-state index in [1.807, 2.05) is 30.3 Å². The number of aromatic nitrogens is 1. The molecule has 0 saturated carbocycles. The van der Waals surface area contributed by atoms with Crippen molar-refractivity contribution in [2.24, 2.45) is 0 Å². The van der Waals surface area contributed by atoms with E-state index in [9.17, 15) is 0 Å². The van der Waals surface area contributed by atoms with Gasteiger partial charge >= 0.3 is 7.12 Å². The van der Waals surface area contributed by atoms with Gasteiger partial charge in [0.1, 0.15) is 0 Å². The van der Waals surface area contributed by atoms with Crippen LogP contribution in [0.15, 0.2) is 48.8 Å². The summed E-state index contributed by atoms with van der Waals surface area (Å²) in [4.78, 5) is 3.96. The number of hydrogen-bond acceptors (Lipinski definition) is 3. The number of nitrogens with zero attached hydrogens (tertiary/aromatic N) is 1. The Labute approximate surface area is 100 Å². The summed E-state index contributed by atoms with van der Waals surface area (Å²) in [6.45, 7) is 0. The average Bonchev–Trinajstić information content (AvgIpc) is 2.30. The van der Waals surface area contributed by atoms with E-state index in [2.05, 4.69) is 4.98 Å². The zero-order chi connectivity index (χ0) is 10.7. The first-order valence-electron chi connectivity index (χ1n) is 4.64. The quantitative estimate of drug-likeness (QED) is 0.759. The molecule has 2 rings (SSSR count). The maximum absolute atomic E-state index is 9.01. The van der Waals surface area contributed by atoms with Crippen LogP contribution in [0.5, 0.6) is 0 Å². The molecule has 1 aromatic carbocycles. The van der Waals surface area contributed by atoms with E-state index in [1.54, 1.807) is 12.3 Å². The Kier molecular flexibility index (Phi) is 4.49. The first kappa shape index (κ1) is 12.7. The van der Waals surface area contributed by atoms with Crippen molar-refractivity contribution in [2.75, 3.05) is 0 Å². The molecule has 0 unspecified atom stereocenters. The molecular formula is C11H11BClNO2. The fourth-order valence-corrected chi connectivity index (χ4v) is 1.39. The lowest BCUT2D eigenvalue weighted by atomic mass is 9.80. The van der Waals surface area contributed by atoms with Crippen molar-refractivity contribution in [3.63, 3.8) is 0 Å². The van der Waals surface area contributed by atoms with E-state index < -0.39 is 7.12 Å². The first-order chi connectivity index (χ1) is 7.27. The summed E-state index contributed by atoms with van der Waals surface area (Å²) in [6.07, 6.45) is 3.14. The molecule has 0 aliphatic heterocycles. The van der Waals surface area contributed by atoms with E-state index in [1.165, 1.54) is 6.20 Å². The first-order valence-corrected chi connectivity index (χ1v) is 4.64. The fraction of sp³-hybridized carbons (Fsp3) is 0. The number of halogens is 1. The second-order valence-corrected chi connectivity index (χ2v) is 3.25. The Bertz CT molecular complexity index is 451. The monoisotopic (exact) mass is 235 g/mol. The van der Waals surface area contributed by atoms with Crippen LogP contribution in [0, 0.1) is 0 Å². The van der Waals surface area contributed by atoms with Gasteiger partial charge in [0.15, 0.2) is 0 Å². The van der Waals surface area contributed by atoms with Crippen LogP contribution in [0.1, 0.15) is 0 Å². The van der Waals surface area contributed by atoms with E-state index in [0.717, 1.165) is 11.1 Å². The van der Waals surface area contributed by atoms with E-state index in [0.29, 0.717) is 5.46 Å². The Morgan fingerprint density at radius 2 is 1.62 bits per heavy atom. The maximum atomic E-state index is 9.01. The van der Waals surface area contributed by atoms with Crippen molar-refractivity contribution < 1.29 is 10.0 Å². The van der Waals surface area contributed by atoms with E-state index in [-0.39, 0.29) is 12.4 Å². The van der Waals surface area contributed by atoms with Gasteiger partial charge in [0.25, 0.3) is 0 Å².